The fourth-order valence-corrected chi connectivity index (χ4v) is 5.46. The highest BCUT2D eigenvalue weighted by Crippen LogP contribution is 2.40. The van der Waals surface area contributed by atoms with Crippen LogP contribution in [-0.2, 0) is 5.54 Å². The molecule has 0 aliphatic heterocycles. The lowest BCUT2D eigenvalue weighted by molar-refractivity contribution is 0.395. The van der Waals surface area contributed by atoms with Crippen molar-refractivity contribution < 1.29 is 0 Å². The van der Waals surface area contributed by atoms with Crippen molar-refractivity contribution in [3.8, 4) is 5.95 Å². The van der Waals surface area contributed by atoms with E-state index in [0.717, 1.165) is 38.5 Å². The smallest absolute Gasteiger partial charge is 0.275 e. The number of nitrogens with zero attached hydrogens (tertiary/aromatic N) is 5. The number of para-hydroxylation sites is 2. The molecule has 2 aromatic heterocycles. The van der Waals surface area contributed by atoms with Crippen LogP contribution in [0.25, 0.3) is 27.8 Å². The molecule has 7 rings (SSSR count). The summed E-state index contributed by atoms with van der Waals surface area (Å²) in [6.07, 6.45) is 0. The molecule has 5 nitrogen and oxygen atoms in total. The van der Waals surface area contributed by atoms with Crippen LogP contribution >= 0.6 is 0 Å². The van der Waals surface area contributed by atoms with Crippen molar-refractivity contribution in [3.05, 3.63) is 156 Å². The van der Waals surface area contributed by atoms with Gasteiger partial charge in [0.2, 0.25) is 0 Å². The molecular weight excluding hydrogens is 454 g/mol. The van der Waals surface area contributed by atoms with E-state index in [4.69, 9.17) is 10.3 Å². The number of hydrogen-bond donors (Lipinski definition) is 0. The summed E-state index contributed by atoms with van der Waals surface area (Å²) in [5.74, 6) is 0.532. The Labute approximate surface area is 214 Å². The molecule has 0 radical (unpaired) electrons. The van der Waals surface area contributed by atoms with Crippen molar-refractivity contribution in [1.29, 1.82) is 0 Å². The van der Waals surface area contributed by atoms with E-state index in [-0.39, 0.29) is 0 Å². The second-order valence-corrected chi connectivity index (χ2v) is 9.06. The Hall–Kier alpha value is -5.03. The number of aromatic nitrogens is 5. The van der Waals surface area contributed by atoms with E-state index in [1.165, 1.54) is 0 Å². The Balaban J connectivity index is 1.55. The van der Waals surface area contributed by atoms with Crippen LogP contribution in [0.4, 0.5) is 0 Å². The van der Waals surface area contributed by atoms with Gasteiger partial charge < -0.3 is 0 Å². The lowest BCUT2D eigenvalue weighted by Gasteiger charge is -2.34. The molecule has 5 aromatic carbocycles. The second kappa shape index (κ2) is 8.57. The number of fused-ring (bicyclic) bond motifs is 3. The van der Waals surface area contributed by atoms with Gasteiger partial charge in [-0.1, -0.05) is 132 Å². The fraction of sp³-hybridized carbons (Fsp3) is 0.0312. The summed E-state index contributed by atoms with van der Waals surface area (Å²) in [4.78, 5) is 1.77. The molecule has 0 unspecified atom stereocenters. The summed E-state index contributed by atoms with van der Waals surface area (Å²) in [5, 5.41) is 16.8. The lowest BCUT2D eigenvalue weighted by atomic mass is 9.77. The third-order valence-electron chi connectivity index (χ3n) is 7.06. The minimum absolute atomic E-state index is 0.532. The highest BCUT2D eigenvalue weighted by molar-refractivity contribution is 6.08. The maximum atomic E-state index is 5.11. The largest absolute Gasteiger partial charge is 0.275 e. The van der Waals surface area contributed by atoms with Gasteiger partial charge in [-0.15, -0.1) is 9.90 Å². The summed E-state index contributed by atoms with van der Waals surface area (Å²) >= 11 is 0. The van der Waals surface area contributed by atoms with Crippen LogP contribution in [0.1, 0.15) is 16.7 Å². The summed E-state index contributed by atoms with van der Waals surface area (Å²) in [5.41, 5.74) is 4.45. The van der Waals surface area contributed by atoms with E-state index in [2.05, 4.69) is 119 Å². The second-order valence-electron chi connectivity index (χ2n) is 9.06. The van der Waals surface area contributed by atoms with Gasteiger partial charge in [-0.3, -0.25) is 4.57 Å². The zero-order valence-corrected chi connectivity index (χ0v) is 20.0. The van der Waals surface area contributed by atoms with Gasteiger partial charge in [0.1, 0.15) is 0 Å². The maximum absolute atomic E-state index is 5.11. The highest BCUT2D eigenvalue weighted by Gasteiger charge is 2.41. The zero-order valence-electron chi connectivity index (χ0n) is 20.0. The first kappa shape index (κ1) is 21.3. The number of tetrazole rings is 1. The molecule has 0 spiro atoms. The minimum atomic E-state index is -0.812. The third-order valence-corrected chi connectivity index (χ3v) is 7.06. The molecule has 0 amide bonds. The van der Waals surface area contributed by atoms with Crippen molar-refractivity contribution >= 4 is 21.8 Å². The maximum Gasteiger partial charge on any atom is 0.275 e. The Bertz CT molecular complexity index is 1670. The van der Waals surface area contributed by atoms with Crippen LogP contribution in [0.15, 0.2) is 140 Å². The van der Waals surface area contributed by atoms with Gasteiger partial charge in [0, 0.05) is 10.8 Å². The van der Waals surface area contributed by atoms with Gasteiger partial charge >= 0.3 is 0 Å². The zero-order chi connectivity index (χ0) is 24.7. The Morgan fingerprint density at radius 2 is 0.865 bits per heavy atom. The van der Waals surface area contributed by atoms with E-state index in [1.54, 1.807) is 4.80 Å². The normalized spacial score (nSPS) is 11.8. The first-order valence-corrected chi connectivity index (χ1v) is 12.3. The molecule has 176 valence electrons. The van der Waals surface area contributed by atoms with Gasteiger partial charge in [0.15, 0.2) is 5.54 Å². The minimum Gasteiger partial charge on any atom is -0.275 e. The Morgan fingerprint density at radius 1 is 0.459 bits per heavy atom. The highest BCUT2D eigenvalue weighted by atomic mass is 15.6. The van der Waals surface area contributed by atoms with E-state index < -0.39 is 5.54 Å². The van der Waals surface area contributed by atoms with Crippen molar-refractivity contribution in [2.75, 3.05) is 0 Å². The predicted molar refractivity (Wildman–Crippen MR) is 147 cm³/mol. The first-order chi connectivity index (χ1) is 18.4. The monoisotopic (exact) mass is 477 g/mol. The Kier molecular flexibility index (Phi) is 4.93. The SMILES string of the molecule is c1ccc(C(c2ccccc2)(c2ccccc2)n2nnc(-n3c4ccccc4c4ccccc43)n2)cc1. The van der Waals surface area contributed by atoms with Gasteiger partial charge in [-0.05, 0) is 34.0 Å². The summed E-state index contributed by atoms with van der Waals surface area (Å²) in [6.45, 7) is 0. The molecule has 37 heavy (non-hydrogen) atoms. The molecule has 0 bridgehead atoms. The summed E-state index contributed by atoms with van der Waals surface area (Å²) < 4.78 is 2.10. The molecule has 0 atom stereocenters. The molecule has 0 saturated carbocycles. The molecule has 2 heterocycles. The van der Waals surface area contributed by atoms with Crippen LogP contribution in [0.3, 0.4) is 0 Å². The third kappa shape index (κ3) is 3.21. The summed E-state index contributed by atoms with van der Waals surface area (Å²) in [7, 11) is 0. The fourth-order valence-electron chi connectivity index (χ4n) is 5.46. The predicted octanol–water partition coefficient (Wildman–Crippen LogP) is 6.61. The topological polar surface area (TPSA) is 48.5 Å². The van der Waals surface area contributed by atoms with Crippen molar-refractivity contribution in [3.63, 3.8) is 0 Å². The standard InChI is InChI=1S/C32H23N5/c1-4-14-24(15-5-1)32(25-16-6-2-7-17-25,26-18-8-3-9-19-26)37-34-31(33-35-37)36-29-22-12-10-20-27(29)28-21-11-13-23-30(28)36/h1-23H. The molecule has 0 aliphatic rings. The molecule has 5 heteroatoms. The number of hydrogen-bond acceptors (Lipinski definition) is 3. The van der Waals surface area contributed by atoms with Crippen molar-refractivity contribution in [2.45, 2.75) is 5.54 Å². The summed E-state index contributed by atoms with van der Waals surface area (Å²) in [6, 6.07) is 47.9. The van der Waals surface area contributed by atoms with Crippen LogP contribution in [0.5, 0.6) is 0 Å². The van der Waals surface area contributed by atoms with Crippen LogP contribution in [0, 0.1) is 0 Å². The number of benzene rings is 5. The average Bonchev–Trinajstić information content (AvgIpc) is 3.58. The van der Waals surface area contributed by atoms with Crippen LogP contribution in [-0.4, -0.2) is 24.8 Å². The molecule has 0 aliphatic carbocycles. The van der Waals surface area contributed by atoms with Crippen LogP contribution in [0.2, 0.25) is 0 Å². The first-order valence-electron chi connectivity index (χ1n) is 12.3. The van der Waals surface area contributed by atoms with Crippen molar-refractivity contribution in [1.82, 2.24) is 24.8 Å². The van der Waals surface area contributed by atoms with E-state index in [9.17, 15) is 0 Å². The molecule has 0 fully saturated rings. The molecule has 0 N–H and O–H groups in total. The lowest BCUT2D eigenvalue weighted by Crippen LogP contribution is -2.39. The van der Waals surface area contributed by atoms with Crippen molar-refractivity contribution in [2.24, 2.45) is 0 Å². The van der Waals surface area contributed by atoms with Gasteiger partial charge in [0.25, 0.3) is 5.95 Å². The average molecular weight is 478 g/mol. The van der Waals surface area contributed by atoms with Crippen LogP contribution < -0.4 is 0 Å². The van der Waals surface area contributed by atoms with Gasteiger partial charge in [-0.25, -0.2) is 0 Å². The Morgan fingerprint density at radius 3 is 1.32 bits per heavy atom. The number of rotatable bonds is 5. The van der Waals surface area contributed by atoms with Gasteiger partial charge in [-0.2, -0.15) is 0 Å². The molecule has 7 aromatic rings. The van der Waals surface area contributed by atoms with E-state index in [1.807, 2.05) is 30.3 Å². The van der Waals surface area contributed by atoms with Gasteiger partial charge in [0.05, 0.1) is 11.0 Å². The molecule has 0 saturated heterocycles. The van der Waals surface area contributed by atoms with E-state index >= 15 is 0 Å². The molecular formula is C32H23N5. The quantitative estimate of drug-likeness (QED) is 0.262. The van der Waals surface area contributed by atoms with E-state index in [0.29, 0.717) is 5.95 Å².